The predicted molar refractivity (Wildman–Crippen MR) is 155 cm³/mol. The summed E-state index contributed by atoms with van der Waals surface area (Å²) in [5, 5.41) is 6.87. The lowest BCUT2D eigenvalue weighted by atomic mass is 9.91. The largest absolute Gasteiger partial charge is 0.381 e. The van der Waals surface area contributed by atoms with Crippen LogP contribution in [0.2, 0.25) is 5.02 Å². The summed E-state index contributed by atoms with van der Waals surface area (Å²) >= 11 is 8.12. The quantitative estimate of drug-likeness (QED) is 0.330. The summed E-state index contributed by atoms with van der Waals surface area (Å²) in [6.07, 6.45) is 3.80. The summed E-state index contributed by atoms with van der Waals surface area (Å²) in [5.41, 5.74) is 14.8. The SMILES string of the molecule is CC1(N)CCN(c2cnc(Sc3cccc(NCc4cccc(N5CCC(=O)NC5=O)c4)c3Cl)c(N)n2)CC1. The zero-order valence-electron chi connectivity index (χ0n) is 21.6. The first kappa shape index (κ1) is 27.0. The number of nitrogen functional groups attached to an aromatic ring is 1. The average molecular weight is 567 g/mol. The Bertz CT molecular complexity index is 1390. The predicted octanol–water partition coefficient (Wildman–Crippen LogP) is 4.24. The summed E-state index contributed by atoms with van der Waals surface area (Å²) in [5.74, 6) is 0.852. The highest BCUT2D eigenvalue weighted by Crippen LogP contribution is 2.39. The molecule has 0 radical (unpaired) electrons. The van der Waals surface area contributed by atoms with E-state index in [-0.39, 0.29) is 17.9 Å². The molecule has 204 valence electrons. The van der Waals surface area contributed by atoms with Crippen LogP contribution < -0.4 is 31.9 Å². The third-order valence-corrected chi connectivity index (χ3v) is 8.50. The molecule has 0 saturated carbocycles. The lowest BCUT2D eigenvalue weighted by Crippen LogP contribution is -2.49. The zero-order chi connectivity index (χ0) is 27.6. The van der Waals surface area contributed by atoms with Gasteiger partial charge in [-0.05, 0) is 49.6 Å². The Labute approximate surface area is 236 Å². The third-order valence-electron chi connectivity index (χ3n) is 6.91. The molecule has 0 atom stereocenters. The number of anilines is 4. The number of piperidine rings is 1. The molecule has 10 nitrogen and oxygen atoms in total. The van der Waals surface area contributed by atoms with E-state index in [1.54, 1.807) is 11.1 Å². The van der Waals surface area contributed by atoms with Gasteiger partial charge in [-0.25, -0.2) is 14.8 Å². The van der Waals surface area contributed by atoms with Crippen molar-refractivity contribution in [1.82, 2.24) is 15.3 Å². The summed E-state index contributed by atoms with van der Waals surface area (Å²) in [6.45, 7) is 4.56. The molecule has 2 aliphatic rings. The Morgan fingerprint density at radius 3 is 2.67 bits per heavy atom. The van der Waals surface area contributed by atoms with Crippen LogP contribution in [0.15, 0.2) is 58.6 Å². The van der Waals surface area contributed by atoms with Gasteiger partial charge >= 0.3 is 6.03 Å². The Morgan fingerprint density at radius 1 is 1.15 bits per heavy atom. The number of rotatable bonds is 7. The Kier molecular flexibility index (Phi) is 7.83. The van der Waals surface area contributed by atoms with Crippen molar-refractivity contribution in [2.24, 2.45) is 5.73 Å². The van der Waals surface area contributed by atoms with Crippen LogP contribution >= 0.6 is 23.4 Å². The molecule has 0 aliphatic carbocycles. The maximum Gasteiger partial charge on any atom is 0.328 e. The monoisotopic (exact) mass is 566 g/mol. The Hall–Kier alpha value is -3.54. The molecule has 3 amide bonds. The lowest BCUT2D eigenvalue weighted by molar-refractivity contribution is -0.120. The second kappa shape index (κ2) is 11.3. The third kappa shape index (κ3) is 6.38. The fourth-order valence-corrected chi connectivity index (χ4v) is 5.65. The molecule has 2 aliphatic heterocycles. The van der Waals surface area contributed by atoms with E-state index < -0.39 is 6.03 Å². The number of aromatic nitrogens is 2. The van der Waals surface area contributed by atoms with Crippen molar-refractivity contribution in [2.45, 2.75) is 48.2 Å². The van der Waals surface area contributed by atoms with E-state index in [4.69, 9.17) is 23.1 Å². The van der Waals surface area contributed by atoms with Gasteiger partial charge in [0.2, 0.25) is 5.91 Å². The second-order valence-corrected chi connectivity index (χ2v) is 11.5. The highest BCUT2D eigenvalue weighted by molar-refractivity contribution is 7.99. The van der Waals surface area contributed by atoms with E-state index in [1.165, 1.54) is 11.8 Å². The summed E-state index contributed by atoms with van der Waals surface area (Å²) in [6, 6.07) is 12.9. The molecule has 0 spiro atoms. The number of carbonyl (C=O) groups excluding carboxylic acids is 2. The second-order valence-electron chi connectivity index (χ2n) is 10.1. The number of hydrogen-bond acceptors (Lipinski definition) is 9. The molecular formula is C27H31ClN8O2S. The smallest absolute Gasteiger partial charge is 0.328 e. The van der Waals surface area contributed by atoms with Crippen molar-refractivity contribution < 1.29 is 9.59 Å². The maximum absolute atomic E-state index is 12.2. The maximum atomic E-state index is 12.2. The van der Waals surface area contributed by atoms with Crippen molar-refractivity contribution in [3.63, 3.8) is 0 Å². The van der Waals surface area contributed by atoms with Gasteiger partial charge in [-0.2, -0.15) is 0 Å². The van der Waals surface area contributed by atoms with Crippen LogP contribution in [0, 0.1) is 0 Å². The van der Waals surface area contributed by atoms with Crippen molar-refractivity contribution in [2.75, 3.05) is 40.5 Å². The van der Waals surface area contributed by atoms with Crippen LogP contribution in [0.4, 0.5) is 27.8 Å². The number of carbonyl (C=O) groups is 2. The molecule has 0 unspecified atom stereocenters. The molecule has 2 fully saturated rings. The first-order valence-electron chi connectivity index (χ1n) is 12.8. The number of nitrogens with one attached hydrogen (secondary N) is 2. The first-order valence-corrected chi connectivity index (χ1v) is 13.9. The normalized spacial score (nSPS) is 17.2. The molecule has 39 heavy (non-hydrogen) atoms. The molecule has 5 rings (SSSR count). The van der Waals surface area contributed by atoms with E-state index >= 15 is 0 Å². The molecule has 6 N–H and O–H groups in total. The van der Waals surface area contributed by atoms with Gasteiger partial charge in [0.05, 0.1) is 16.9 Å². The molecule has 3 aromatic rings. The Morgan fingerprint density at radius 2 is 1.92 bits per heavy atom. The van der Waals surface area contributed by atoms with E-state index in [1.807, 2.05) is 42.5 Å². The number of benzene rings is 2. The number of halogens is 1. The number of urea groups is 1. The number of nitrogens with two attached hydrogens (primary N) is 2. The van der Waals surface area contributed by atoms with E-state index in [0.717, 1.165) is 53.6 Å². The number of hydrogen-bond donors (Lipinski definition) is 4. The highest BCUT2D eigenvalue weighted by Gasteiger charge is 2.27. The van der Waals surface area contributed by atoms with Gasteiger partial charge in [0.15, 0.2) is 5.82 Å². The zero-order valence-corrected chi connectivity index (χ0v) is 23.2. The van der Waals surface area contributed by atoms with Crippen LogP contribution in [0.1, 0.15) is 31.7 Å². The molecule has 2 saturated heterocycles. The van der Waals surface area contributed by atoms with E-state index in [2.05, 4.69) is 32.4 Å². The highest BCUT2D eigenvalue weighted by atomic mass is 35.5. The van der Waals surface area contributed by atoms with Crippen LogP contribution in [-0.4, -0.2) is 47.1 Å². The van der Waals surface area contributed by atoms with Crippen LogP contribution in [0.3, 0.4) is 0 Å². The minimum absolute atomic E-state index is 0.144. The van der Waals surface area contributed by atoms with Crippen molar-refractivity contribution >= 4 is 58.3 Å². The van der Waals surface area contributed by atoms with Gasteiger partial charge in [-0.1, -0.05) is 41.6 Å². The molecule has 0 bridgehead atoms. The number of amides is 3. The van der Waals surface area contributed by atoms with Crippen LogP contribution in [0.5, 0.6) is 0 Å². The molecular weight excluding hydrogens is 536 g/mol. The van der Waals surface area contributed by atoms with Crippen molar-refractivity contribution in [3.8, 4) is 0 Å². The molecule has 1 aromatic heterocycles. The standard InChI is InChI=1S/C27H31ClN8O2S/c1-27(30)9-12-35(13-10-27)21-16-32-25(24(29)33-21)39-20-7-3-6-19(23(20)28)31-15-17-4-2-5-18(14-17)36-11-8-22(37)34-26(36)38/h2-7,14,16,31H,8-13,15,30H2,1H3,(H2,29,33)(H,34,37,38). The van der Waals surface area contributed by atoms with Gasteiger partial charge in [-0.15, -0.1) is 0 Å². The van der Waals surface area contributed by atoms with Gasteiger partial charge in [-0.3, -0.25) is 15.0 Å². The first-order chi connectivity index (χ1) is 18.7. The number of imide groups is 1. The lowest BCUT2D eigenvalue weighted by Gasteiger charge is -2.37. The Balaban J connectivity index is 1.24. The van der Waals surface area contributed by atoms with E-state index in [9.17, 15) is 9.59 Å². The summed E-state index contributed by atoms with van der Waals surface area (Å²) in [4.78, 5) is 37.4. The summed E-state index contributed by atoms with van der Waals surface area (Å²) < 4.78 is 0. The van der Waals surface area contributed by atoms with Crippen molar-refractivity contribution in [3.05, 3.63) is 59.2 Å². The summed E-state index contributed by atoms with van der Waals surface area (Å²) in [7, 11) is 0. The molecule has 3 heterocycles. The number of nitrogens with zero attached hydrogens (tertiary/aromatic N) is 4. The minimum atomic E-state index is -0.408. The van der Waals surface area contributed by atoms with Crippen LogP contribution in [0.25, 0.3) is 0 Å². The van der Waals surface area contributed by atoms with Gasteiger partial charge in [0, 0.05) is 48.7 Å². The van der Waals surface area contributed by atoms with Gasteiger partial charge in [0.25, 0.3) is 0 Å². The topological polar surface area (TPSA) is 142 Å². The molecule has 12 heteroatoms. The molecule has 2 aromatic carbocycles. The van der Waals surface area contributed by atoms with Crippen LogP contribution in [-0.2, 0) is 11.3 Å². The van der Waals surface area contributed by atoms with E-state index in [0.29, 0.717) is 29.0 Å². The minimum Gasteiger partial charge on any atom is -0.381 e. The fourth-order valence-electron chi connectivity index (χ4n) is 4.53. The van der Waals surface area contributed by atoms with Crippen molar-refractivity contribution in [1.29, 1.82) is 0 Å². The average Bonchev–Trinajstić information content (AvgIpc) is 2.90. The van der Waals surface area contributed by atoms with Gasteiger partial charge in [0.1, 0.15) is 10.8 Å². The van der Waals surface area contributed by atoms with Gasteiger partial charge < -0.3 is 21.7 Å². The fraction of sp³-hybridized carbons (Fsp3) is 0.333.